The fraction of sp³-hybridized carbons (Fsp3) is 0.385. The molecular formula is C13H18N4OS2. The van der Waals surface area contributed by atoms with Gasteiger partial charge in [-0.25, -0.2) is 4.98 Å². The summed E-state index contributed by atoms with van der Waals surface area (Å²) in [5, 5.41) is 10.7. The molecule has 4 N–H and O–H groups in total. The molecule has 0 radical (unpaired) electrons. The van der Waals surface area contributed by atoms with E-state index in [9.17, 15) is 4.79 Å². The highest BCUT2D eigenvalue weighted by Gasteiger charge is 2.16. The number of carbonyl (C=O) groups is 1. The second-order valence-corrected chi connectivity index (χ2v) is 6.60. The first-order valence-electron chi connectivity index (χ1n) is 6.35. The third-order valence-corrected chi connectivity index (χ3v) is 4.31. The first-order chi connectivity index (χ1) is 9.56. The number of anilines is 2. The van der Waals surface area contributed by atoms with Crippen LogP contribution in [0.2, 0.25) is 0 Å². The van der Waals surface area contributed by atoms with E-state index in [2.05, 4.69) is 29.5 Å². The van der Waals surface area contributed by atoms with Gasteiger partial charge in [0.15, 0.2) is 5.13 Å². The fourth-order valence-electron chi connectivity index (χ4n) is 1.52. The number of aromatic nitrogens is 1. The van der Waals surface area contributed by atoms with Crippen molar-refractivity contribution < 1.29 is 4.79 Å². The zero-order chi connectivity index (χ0) is 14.5. The molecule has 5 nitrogen and oxygen atoms in total. The number of nitrogens with two attached hydrogens (primary N) is 1. The number of nitrogens with one attached hydrogen (secondary N) is 2. The van der Waals surface area contributed by atoms with Crippen LogP contribution in [0.4, 0.5) is 10.9 Å². The Morgan fingerprint density at radius 1 is 1.50 bits per heavy atom. The van der Waals surface area contributed by atoms with Crippen molar-refractivity contribution in [2.45, 2.75) is 20.4 Å². The average Bonchev–Trinajstić information content (AvgIpc) is 3.03. The predicted molar refractivity (Wildman–Crippen MR) is 85.3 cm³/mol. The normalized spacial score (nSPS) is 10.8. The minimum atomic E-state index is -0.177. The van der Waals surface area contributed by atoms with Gasteiger partial charge in [0.05, 0.1) is 0 Å². The molecule has 0 fully saturated rings. The van der Waals surface area contributed by atoms with Crippen molar-refractivity contribution in [2.75, 3.05) is 17.6 Å². The fourth-order valence-corrected chi connectivity index (χ4v) is 2.99. The highest BCUT2D eigenvalue weighted by atomic mass is 32.1. The Kier molecular flexibility index (Phi) is 4.97. The summed E-state index contributed by atoms with van der Waals surface area (Å²) >= 11 is 2.90. The van der Waals surface area contributed by atoms with Crippen molar-refractivity contribution in [3.63, 3.8) is 0 Å². The quantitative estimate of drug-likeness (QED) is 0.766. The second-order valence-electron chi connectivity index (χ2n) is 4.82. The Labute approximate surface area is 126 Å². The van der Waals surface area contributed by atoms with E-state index in [1.54, 1.807) is 11.3 Å². The highest BCUT2D eigenvalue weighted by molar-refractivity contribution is 7.18. The second kappa shape index (κ2) is 6.71. The number of nitrogens with zero attached hydrogens (tertiary/aromatic N) is 1. The van der Waals surface area contributed by atoms with Gasteiger partial charge in [0.1, 0.15) is 10.7 Å². The molecule has 2 rings (SSSR count). The van der Waals surface area contributed by atoms with Crippen LogP contribution in [0.15, 0.2) is 16.8 Å². The standard InChI is InChI=1S/C13H18N4OS2/c1-8(2)5-16-13-17-11(14)10(20-13)12(18)15-6-9-3-4-19-7-9/h3-4,7-8H,5-6,14H2,1-2H3,(H,15,18)(H,16,17). The molecule has 0 aliphatic heterocycles. The van der Waals surface area contributed by atoms with Crippen LogP contribution in [0.5, 0.6) is 0 Å². The molecule has 108 valence electrons. The van der Waals surface area contributed by atoms with Crippen molar-refractivity contribution in [3.8, 4) is 0 Å². The third kappa shape index (κ3) is 3.94. The lowest BCUT2D eigenvalue weighted by Gasteiger charge is -2.04. The molecule has 0 saturated carbocycles. The zero-order valence-corrected chi connectivity index (χ0v) is 13.1. The van der Waals surface area contributed by atoms with Gasteiger partial charge in [0, 0.05) is 13.1 Å². The van der Waals surface area contributed by atoms with Gasteiger partial charge in [-0.3, -0.25) is 4.79 Å². The highest BCUT2D eigenvalue weighted by Crippen LogP contribution is 2.25. The van der Waals surface area contributed by atoms with Gasteiger partial charge in [-0.2, -0.15) is 11.3 Å². The predicted octanol–water partition coefficient (Wildman–Crippen LogP) is 2.78. The molecule has 2 heterocycles. The molecule has 20 heavy (non-hydrogen) atoms. The van der Waals surface area contributed by atoms with E-state index in [1.165, 1.54) is 11.3 Å². The Hall–Kier alpha value is -1.60. The zero-order valence-electron chi connectivity index (χ0n) is 11.5. The lowest BCUT2D eigenvalue weighted by atomic mass is 10.2. The maximum absolute atomic E-state index is 12.1. The lowest BCUT2D eigenvalue weighted by molar-refractivity contribution is 0.0955. The number of thiophene rings is 1. The molecule has 0 unspecified atom stereocenters. The smallest absolute Gasteiger partial charge is 0.265 e. The first-order valence-corrected chi connectivity index (χ1v) is 8.11. The largest absolute Gasteiger partial charge is 0.382 e. The van der Waals surface area contributed by atoms with Crippen LogP contribution in [0.25, 0.3) is 0 Å². The Morgan fingerprint density at radius 2 is 2.30 bits per heavy atom. The van der Waals surface area contributed by atoms with E-state index in [0.29, 0.717) is 22.5 Å². The summed E-state index contributed by atoms with van der Waals surface area (Å²) in [5.41, 5.74) is 6.89. The number of hydrogen-bond donors (Lipinski definition) is 3. The third-order valence-electron chi connectivity index (χ3n) is 2.55. The molecule has 0 saturated heterocycles. The molecule has 1 amide bonds. The molecular weight excluding hydrogens is 292 g/mol. The monoisotopic (exact) mass is 310 g/mol. The first kappa shape index (κ1) is 14.8. The van der Waals surface area contributed by atoms with Crippen molar-refractivity contribution in [2.24, 2.45) is 5.92 Å². The Morgan fingerprint density at radius 3 is 2.95 bits per heavy atom. The molecule has 0 bridgehead atoms. The summed E-state index contributed by atoms with van der Waals surface area (Å²) in [7, 11) is 0. The van der Waals surface area contributed by atoms with Gasteiger partial charge in [0.2, 0.25) is 0 Å². The number of carbonyl (C=O) groups excluding carboxylic acids is 1. The summed E-state index contributed by atoms with van der Waals surface area (Å²) in [4.78, 5) is 16.7. The Balaban J connectivity index is 1.95. The lowest BCUT2D eigenvalue weighted by Crippen LogP contribution is -2.22. The topological polar surface area (TPSA) is 80.0 Å². The van der Waals surface area contributed by atoms with Crippen LogP contribution >= 0.6 is 22.7 Å². The van der Waals surface area contributed by atoms with Crippen LogP contribution < -0.4 is 16.4 Å². The van der Waals surface area contributed by atoms with Crippen LogP contribution in [-0.2, 0) is 6.54 Å². The van der Waals surface area contributed by atoms with Crippen LogP contribution in [-0.4, -0.2) is 17.4 Å². The summed E-state index contributed by atoms with van der Waals surface area (Å²) in [5.74, 6) is 0.615. The van der Waals surface area contributed by atoms with Crippen molar-refractivity contribution >= 4 is 39.5 Å². The van der Waals surface area contributed by atoms with Gasteiger partial charge < -0.3 is 16.4 Å². The molecule has 0 aromatic carbocycles. The van der Waals surface area contributed by atoms with E-state index < -0.39 is 0 Å². The van der Waals surface area contributed by atoms with E-state index >= 15 is 0 Å². The van der Waals surface area contributed by atoms with Gasteiger partial charge in [-0.15, -0.1) is 0 Å². The van der Waals surface area contributed by atoms with E-state index in [4.69, 9.17) is 5.73 Å². The molecule has 0 aliphatic rings. The maximum atomic E-state index is 12.1. The van der Waals surface area contributed by atoms with Crippen LogP contribution in [0, 0.1) is 5.92 Å². The number of thiazole rings is 1. The number of nitrogen functional groups attached to an aromatic ring is 1. The van der Waals surface area contributed by atoms with Crippen molar-refractivity contribution in [1.29, 1.82) is 0 Å². The SMILES string of the molecule is CC(C)CNc1nc(N)c(C(=O)NCc2ccsc2)s1. The molecule has 7 heteroatoms. The summed E-state index contributed by atoms with van der Waals surface area (Å²) in [6, 6.07) is 1.98. The van der Waals surface area contributed by atoms with Crippen molar-refractivity contribution in [3.05, 3.63) is 27.3 Å². The molecule has 0 atom stereocenters. The molecule has 0 spiro atoms. The maximum Gasteiger partial charge on any atom is 0.265 e. The van der Waals surface area contributed by atoms with E-state index in [1.807, 2.05) is 16.8 Å². The molecule has 0 aliphatic carbocycles. The van der Waals surface area contributed by atoms with Crippen molar-refractivity contribution in [1.82, 2.24) is 10.3 Å². The number of hydrogen-bond acceptors (Lipinski definition) is 6. The van der Waals surface area contributed by atoms with Gasteiger partial charge in [-0.05, 0) is 28.3 Å². The summed E-state index contributed by atoms with van der Waals surface area (Å²) in [6.45, 7) is 5.54. The van der Waals surface area contributed by atoms with Crippen LogP contribution in [0.3, 0.4) is 0 Å². The Bertz CT molecular complexity index is 563. The van der Waals surface area contributed by atoms with Gasteiger partial charge in [0.25, 0.3) is 5.91 Å². The van der Waals surface area contributed by atoms with Gasteiger partial charge in [-0.1, -0.05) is 25.2 Å². The minimum absolute atomic E-state index is 0.177. The van der Waals surface area contributed by atoms with E-state index in [0.717, 1.165) is 12.1 Å². The average molecular weight is 310 g/mol. The number of amides is 1. The summed E-state index contributed by atoms with van der Waals surface area (Å²) < 4.78 is 0. The minimum Gasteiger partial charge on any atom is -0.382 e. The van der Waals surface area contributed by atoms with Gasteiger partial charge >= 0.3 is 0 Å². The molecule has 2 aromatic rings. The van der Waals surface area contributed by atoms with E-state index in [-0.39, 0.29) is 11.7 Å². The number of rotatable bonds is 6. The molecule has 2 aromatic heterocycles. The van der Waals surface area contributed by atoms with Crippen LogP contribution in [0.1, 0.15) is 29.1 Å². The summed E-state index contributed by atoms with van der Waals surface area (Å²) in [6.07, 6.45) is 0.